The minimum absolute atomic E-state index is 0.0524. The summed E-state index contributed by atoms with van der Waals surface area (Å²) in [5.74, 6) is 0. The smallest absolute Gasteiger partial charge is 0.389 e. The Hall–Kier alpha value is -0.290. The Morgan fingerprint density at radius 1 is 1.00 bits per heavy atom. The molecule has 0 aromatic heterocycles. The van der Waals surface area contributed by atoms with Crippen LogP contribution in [0.1, 0.15) is 46.5 Å². The van der Waals surface area contributed by atoms with Gasteiger partial charge in [-0.3, -0.25) is 0 Å². The molecule has 0 bridgehead atoms. The van der Waals surface area contributed by atoms with Crippen molar-refractivity contribution in [3.8, 4) is 0 Å². The normalized spacial score (nSPS) is 17.2. The van der Waals surface area contributed by atoms with E-state index in [2.05, 4.69) is 0 Å². The van der Waals surface area contributed by atoms with Crippen LogP contribution in [0.2, 0.25) is 0 Å². The molecule has 0 aliphatic heterocycles. The van der Waals surface area contributed by atoms with Gasteiger partial charge in [-0.1, -0.05) is 6.92 Å². The highest BCUT2D eigenvalue weighted by molar-refractivity contribution is 4.93. The molecule has 2 nitrogen and oxygen atoms in total. The zero-order valence-corrected chi connectivity index (χ0v) is 10.2. The van der Waals surface area contributed by atoms with Crippen LogP contribution in [0, 0.1) is 5.41 Å². The van der Waals surface area contributed by atoms with Crippen molar-refractivity contribution in [2.45, 2.75) is 58.2 Å². The minimum atomic E-state index is -4.11. The Balaban J connectivity index is 4.36. The Morgan fingerprint density at radius 2 is 1.50 bits per heavy atom. The van der Waals surface area contributed by atoms with Crippen molar-refractivity contribution in [2.75, 3.05) is 6.61 Å². The van der Waals surface area contributed by atoms with Crippen LogP contribution in [-0.2, 0) is 0 Å². The Labute approximate surface area is 95.0 Å². The number of halogens is 3. The molecule has 16 heavy (non-hydrogen) atoms. The van der Waals surface area contributed by atoms with E-state index in [1.165, 1.54) is 0 Å². The number of hydrogen-bond donors (Lipinski definition) is 2. The van der Waals surface area contributed by atoms with Crippen molar-refractivity contribution in [1.82, 2.24) is 0 Å². The van der Waals surface area contributed by atoms with Crippen LogP contribution < -0.4 is 5.73 Å². The third kappa shape index (κ3) is 5.16. The van der Waals surface area contributed by atoms with E-state index in [1.807, 2.05) is 6.92 Å². The quantitative estimate of drug-likeness (QED) is 0.751. The van der Waals surface area contributed by atoms with E-state index >= 15 is 0 Å². The molecule has 0 aliphatic carbocycles. The molecule has 0 amide bonds. The summed E-state index contributed by atoms with van der Waals surface area (Å²) in [5, 5.41) is 8.95. The van der Waals surface area contributed by atoms with Crippen molar-refractivity contribution in [3.05, 3.63) is 0 Å². The molecule has 3 N–H and O–H groups in total. The molecule has 1 atom stereocenters. The molecule has 1 unspecified atom stereocenters. The van der Waals surface area contributed by atoms with Crippen molar-refractivity contribution >= 4 is 0 Å². The summed E-state index contributed by atoms with van der Waals surface area (Å²) in [7, 11) is 0. The van der Waals surface area contributed by atoms with Crippen molar-refractivity contribution in [3.63, 3.8) is 0 Å². The molecule has 0 saturated carbocycles. The van der Waals surface area contributed by atoms with Gasteiger partial charge in [-0.15, -0.1) is 0 Å². The lowest BCUT2D eigenvalue weighted by Crippen LogP contribution is -2.49. The molecule has 0 fully saturated rings. The van der Waals surface area contributed by atoms with E-state index in [9.17, 15) is 13.2 Å². The lowest BCUT2D eigenvalue weighted by atomic mass is 9.68. The number of aliphatic hydroxyl groups is 1. The molecule has 0 aromatic carbocycles. The highest BCUT2D eigenvalue weighted by Crippen LogP contribution is 2.39. The van der Waals surface area contributed by atoms with Gasteiger partial charge in [-0.05, 0) is 38.5 Å². The van der Waals surface area contributed by atoms with Crippen molar-refractivity contribution in [2.24, 2.45) is 11.1 Å². The molecule has 0 spiro atoms. The summed E-state index contributed by atoms with van der Waals surface area (Å²) in [6, 6.07) is 0. The highest BCUT2D eigenvalue weighted by Gasteiger charge is 2.38. The van der Waals surface area contributed by atoms with Crippen LogP contribution in [0.25, 0.3) is 0 Å². The first-order chi connectivity index (χ1) is 7.02. The fourth-order valence-corrected chi connectivity index (χ4v) is 1.70. The number of rotatable bonds is 6. The first kappa shape index (κ1) is 15.7. The van der Waals surface area contributed by atoms with Crippen molar-refractivity contribution < 1.29 is 18.3 Å². The summed E-state index contributed by atoms with van der Waals surface area (Å²) in [6.45, 7) is 5.36. The third-order valence-corrected chi connectivity index (χ3v) is 3.41. The van der Waals surface area contributed by atoms with E-state index in [0.717, 1.165) is 0 Å². The summed E-state index contributed by atoms with van der Waals surface area (Å²) >= 11 is 0. The van der Waals surface area contributed by atoms with Gasteiger partial charge < -0.3 is 10.8 Å². The van der Waals surface area contributed by atoms with E-state index in [0.29, 0.717) is 12.8 Å². The van der Waals surface area contributed by atoms with E-state index in [-0.39, 0.29) is 13.0 Å². The van der Waals surface area contributed by atoms with Crippen LogP contribution in [-0.4, -0.2) is 23.4 Å². The maximum Gasteiger partial charge on any atom is 0.389 e. The number of alkyl halides is 3. The molecule has 0 aromatic rings. The fraction of sp³-hybridized carbons (Fsp3) is 1.00. The highest BCUT2D eigenvalue weighted by atomic mass is 19.4. The summed E-state index contributed by atoms with van der Waals surface area (Å²) in [6.07, 6.45) is -4.05. The van der Waals surface area contributed by atoms with Gasteiger partial charge in [-0.2, -0.15) is 13.2 Å². The molecule has 0 aliphatic rings. The van der Waals surface area contributed by atoms with Crippen LogP contribution in [0.4, 0.5) is 13.2 Å². The molecule has 0 radical (unpaired) electrons. The van der Waals surface area contributed by atoms with Gasteiger partial charge in [0.25, 0.3) is 0 Å². The van der Waals surface area contributed by atoms with Gasteiger partial charge in [0.1, 0.15) is 0 Å². The second kappa shape index (κ2) is 5.36. The van der Waals surface area contributed by atoms with Gasteiger partial charge in [0, 0.05) is 18.6 Å². The summed E-state index contributed by atoms with van der Waals surface area (Å²) < 4.78 is 36.1. The Kier molecular flexibility index (Phi) is 5.26. The van der Waals surface area contributed by atoms with E-state index in [4.69, 9.17) is 10.8 Å². The van der Waals surface area contributed by atoms with Crippen LogP contribution in [0.5, 0.6) is 0 Å². The van der Waals surface area contributed by atoms with Gasteiger partial charge in [0.2, 0.25) is 0 Å². The largest absolute Gasteiger partial charge is 0.396 e. The second-order valence-corrected chi connectivity index (χ2v) is 5.22. The zero-order valence-electron chi connectivity index (χ0n) is 10.2. The SMILES string of the molecule is CC(C)(N)C(C)(CCO)CCCC(F)(F)F. The lowest BCUT2D eigenvalue weighted by Gasteiger charge is -2.42. The van der Waals surface area contributed by atoms with E-state index < -0.39 is 23.6 Å². The van der Waals surface area contributed by atoms with E-state index in [1.54, 1.807) is 13.8 Å². The second-order valence-electron chi connectivity index (χ2n) is 5.22. The Morgan fingerprint density at radius 3 is 1.81 bits per heavy atom. The zero-order chi connectivity index (χ0) is 13.0. The first-order valence-electron chi connectivity index (χ1n) is 5.48. The molecular weight excluding hydrogens is 219 g/mol. The minimum Gasteiger partial charge on any atom is -0.396 e. The molecular formula is C11H22F3NO. The predicted octanol–water partition coefficient (Wildman–Crippen LogP) is 2.85. The molecule has 0 heterocycles. The van der Waals surface area contributed by atoms with Crippen LogP contribution in [0.3, 0.4) is 0 Å². The Bertz CT molecular complexity index is 210. The van der Waals surface area contributed by atoms with Crippen molar-refractivity contribution in [1.29, 1.82) is 0 Å². The number of aliphatic hydroxyl groups excluding tert-OH is 1. The maximum atomic E-state index is 12.0. The fourth-order valence-electron chi connectivity index (χ4n) is 1.70. The standard InChI is InChI=1S/C11H22F3NO/c1-9(2,15)10(3,7-8-16)5-4-6-11(12,13)14/h16H,4-8,15H2,1-3H3. The van der Waals surface area contributed by atoms with Gasteiger partial charge in [0.15, 0.2) is 0 Å². The average molecular weight is 241 g/mol. The predicted molar refractivity (Wildman–Crippen MR) is 58.0 cm³/mol. The monoisotopic (exact) mass is 241 g/mol. The summed E-state index contributed by atoms with van der Waals surface area (Å²) in [4.78, 5) is 0. The molecule has 0 rings (SSSR count). The molecule has 0 saturated heterocycles. The van der Waals surface area contributed by atoms with Crippen LogP contribution >= 0.6 is 0 Å². The topological polar surface area (TPSA) is 46.2 Å². The third-order valence-electron chi connectivity index (χ3n) is 3.41. The number of hydrogen-bond acceptors (Lipinski definition) is 2. The first-order valence-corrected chi connectivity index (χ1v) is 5.48. The summed E-state index contributed by atoms with van der Waals surface area (Å²) in [5.41, 5.74) is 4.90. The van der Waals surface area contributed by atoms with Gasteiger partial charge >= 0.3 is 6.18 Å². The molecule has 5 heteroatoms. The van der Waals surface area contributed by atoms with Gasteiger partial charge in [0.05, 0.1) is 0 Å². The van der Waals surface area contributed by atoms with Gasteiger partial charge in [-0.25, -0.2) is 0 Å². The maximum absolute atomic E-state index is 12.0. The lowest BCUT2D eigenvalue weighted by molar-refractivity contribution is -0.137. The average Bonchev–Trinajstić information content (AvgIpc) is 1.99. The number of nitrogens with two attached hydrogens (primary N) is 1. The van der Waals surface area contributed by atoms with Crippen LogP contribution in [0.15, 0.2) is 0 Å². The molecule has 98 valence electrons.